The fourth-order valence-electron chi connectivity index (χ4n) is 3.32. The Balaban J connectivity index is 1.87. The summed E-state index contributed by atoms with van der Waals surface area (Å²) in [7, 11) is 2.27. The monoisotopic (exact) mass is 137 g/mol. The average molecular weight is 137 g/mol. The molecule has 1 saturated heterocycles. The quantitative estimate of drug-likeness (QED) is 0.487. The number of hydrogen-bond acceptors (Lipinski definition) is 1. The van der Waals surface area contributed by atoms with E-state index < -0.39 is 0 Å². The van der Waals surface area contributed by atoms with Crippen LogP contribution in [0.5, 0.6) is 0 Å². The highest BCUT2D eigenvalue weighted by molar-refractivity contribution is 5.25. The van der Waals surface area contributed by atoms with Crippen molar-refractivity contribution in [2.24, 2.45) is 17.3 Å². The highest BCUT2D eigenvalue weighted by atomic mass is 15.2. The Kier molecular flexibility index (Phi) is 0.722. The van der Waals surface area contributed by atoms with Crippen LogP contribution in [-0.2, 0) is 0 Å². The molecule has 1 spiro atoms. The highest BCUT2D eigenvalue weighted by Gasteiger charge is 2.75. The topological polar surface area (TPSA) is 3.24 Å². The molecule has 3 aliphatic rings. The lowest BCUT2D eigenvalue weighted by molar-refractivity contribution is 0.259. The smallest absolute Gasteiger partial charge is 0.0101 e. The molecule has 1 heteroatoms. The van der Waals surface area contributed by atoms with Gasteiger partial charge in [-0.05, 0) is 44.1 Å². The molecule has 0 radical (unpaired) electrons. The van der Waals surface area contributed by atoms with Crippen LogP contribution in [0, 0.1) is 17.3 Å². The Morgan fingerprint density at radius 2 is 2.10 bits per heavy atom. The van der Waals surface area contributed by atoms with Gasteiger partial charge in [0.25, 0.3) is 0 Å². The molecule has 3 rings (SSSR count). The first kappa shape index (κ1) is 5.59. The molecule has 0 aromatic heterocycles. The molecule has 2 unspecified atom stereocenters. The molecule has 0 aromatic carbocycles. The number of hydrogen-bond donors (Lipinski definition) is 0. The van der Waals surface area contributed by atoms with Crippen LogP contribution in [0.4, 0.5) is 0 Å². The Morgan fingerprint density at radius 1 is 1.40 bits per heavy atom. The minimum atomic E-state index is 0.896. The van der Waals surface area contributed by atoms with Crippen molar-refractivity contribution in [1.82, 2.24) is 4.90 Å². The van der Waals surface area contributed by atoms with Gasteiger partial charge >= 0.3 is 0 Å². The van der Waals surface area contributed by atoms with Crippen molar-refractivity contribution in [3.05, 3.63) is 0 Å². The second kappa shape index (κ2) is 1.29. The van der Waals surface area contributed by atoms with Crippen LogP contribution < -0.4 is 0 Å². The molecular weight excluding hydrogens is 122 g/mol. The summed E-state index contributed by atoms with van der Waals surface area (Å²) in [6, 6.07) is 0.896. The summed E-state index contributed by atoms with van der Waals surface area (Å²) in [5.74, 6) is 2.23. The van der Waals surface area contributed by atoms with Gasteiger partial charge in [0.1, 0.15) is 0 Å². The minimum absolute atomic E-state index is 0.896. The summed E-state index contributed by atoms with van der Waals surface area (Å²) < 4.78 is 0. The number of rotatable bonds is 0. The molecule has 2 saturated carbocycles. The maximum absolute atomic E-state index is 2.53. The van der Waals surface area contributed by atoms with E-state index in [1.54, 1.807) is 12.8 Å². The summed E-state index contributed by atoms with van der Waals surface area (Å²) >= 11 is 0. The van der Waals surface area contributed by atoms with Gasteiger partial charge in [0.2, 0.25) is 0 Å². The summed E-state index contributed by atoms with van der Waals surface area (Å²) in [5.41, 5.74) is 0.923. The van der Waals surface area contributed by atoms with Gasteiger partial charge in [0.15, 0.2) is 0 Å². The van der Waals surface area contributed by atoms with Crippen molar-refractivity contribution in [1.29, 1.82) is 0 Å². The molecule has 0 aromatic rings. The molecule has 0 amide bonds. The third-order valence-electron chi connectivity index (χ3n) is 4.25. The van der Waals surface area contributed by atoms with Crippen LogP contribution in [-0.4, -0.2) is 24.5 Å². The van der Waals surface area contributed by atoms with Crippen LogP contribution in [0.25, 0.3) is 0 Å². The lowest BCUT2D eigenvalue weighted by Gasteiger charge is -2.20. The van der Waals surface area contributed by atoms with Crippen molar-refractivity contribution in [2.75, 3.05) is 13.6 Å². The molecule has 2 aliphatic carbocycles. The van der Waals surface area contributed by atoms with Crippen LogP contribution >= 0.6 is 0 Å². The number of fused-ring (bicyclic) bond motifs is 3. The summed E-state index contributed by atoms with van der Waals surface area (Å²) in [5, 5.41) is 0. The van der Waals surface area contributed by atoms with Crippen molar-refractivity contribution >= 4 is 0 Å². The van der Waals surface area contributed by atoms with Crippen molar-refractivity contribution in [2.45, 2.75) is 25.8 Å². The highest BCUT2D eigenvalue weighted by Crippen LogP contribution is 2.78. The zero-order valence-electron chi connectivity index (χ0n) is 6.80. The number of nitrogens with zero attached hydrogens (tertiary/aromatic N) is 1. The maximum Gasteiger partial charge on any atom is 0.0101 e. The fourth-order valence-corrected chi connectivity index (χ4v) is 3.32. The summed E-state index contributed by atoms with van der Waals surface area (Å²) in [6.45, 7) is 3.80. The van der Waals surface area contributed by atoms with E-state index in [9.17, 15) is 0 Å². The lowest BCUT2D eigenvalue weighted by atomic mass is 10.1. The number of likely N-dealkylation sites (tertiary alicyclic amines) is 1. The second-order valence-electron chi connectivity index (χ2n) is 4.55. The van der Waals surface area contributed by atoms with Crippen molar-refractivity contribution in [3.63, 3.8) is 0 Å². The van der Waals surface area contributed by atoms with Gasteiger partial charge in [-0.1, -0.05) is 0 Å². The normalized spacial score (nSPS) is 55.2. The first-order valence-corrected chi connectivity index (χ1v) is 4.46. The first-order chi connectivity index (χ1) is 4.76. The lowest BCUT2D eigenvalue weighted by Crippen LogP contribution is -2.28. The van der Waals surface area contributed by atoms with Gasteiger partial charge in [-0.15, -0.1) is 0 Å². The van der Waals surface area contributed by atoms with E-state index in [2.05, 4.69) is 18.9 Å². The van der Waals surface area contributed by atoms with Crippen LogP contribution in [0.2, 0.25) is 0 Å². The Hall–Kier alpha value is -0.0400. The molecular formula is C9H15N. The molecule has 1 heterocycles. The maximum atomic E-state index is 2.53. The summed E-state index contributed by atoms with van der Waals surface area (Å²) in [4.78, 5) is 2.53. The van der Waals surface area contributed by atoms with Gasteiger partial charge in [-0.2, -0.15) is 0 Å². The third kappa shape index (κ3) is 0.402. The molecule has 56 valence electrons. The largest absolute Gasteiger partial charge is 0.303 e. The first-order valence-electron chi connectivity index (χ1n) is 4.46. The van der Waals surface area contributed by atoms with E-state index in [-0.39, 0.29) is 0 Å². The van der Waals surface area contributed by atoms with E-state index in [1.807, 2.05) is 0 Å². The van der Waals surface area contributed by atoms with Crippen molar-refractivity contribution < 1.29 is 0 Å². The van der Waals surface area contributed by atoms with E-state index in [0.29, 0.717) is 0 Å². The van der Waals surface area contributed by atoms with E-state index in [4.69, 9.17) is 0 Å². The van der Waals surface area contributed by atoms with Gasteiger partial charge in [-0.25, -0.2) is 0 Å². The van der Waals surface area contributed by atoms with Gasteiger partial charge in [0, 0.05) is 12.6 Å². The fraction of sp³-hybridized carbons (Fsp3) is 1.00. The van der Waals surface area contributed by atoms with Gasteiger partial charge in [0.05, 0.1) is 0 Å². The van der Waals surface area contributed by atoms with Gasteiger partial charge in [-0.3, -0.25) is 0 Å². The predicted octanol–water partition coefficient (Wildman–Crippen LogP) is 1.35. The molecule has 3 atom stereocenters. The van der Waals surface area contributed by atoms with Crippen LogP contribution in [0.3, 0.4) is 0 Å². The van der Waals surface area contributed by atoms with Crippen LogP contribution in [0.15, 0.2) is 0 Å². The Morgan fingerprint density at radius 3 is 2.50 bits per heavy atom. The molecule has 0 bridgehead atoms. The Labute approximate surface area is 62.4 Å². The molecule has 10 heavy (non-hydrogen) atoms. The SMILES string of the molecule is C[C@@H]1C2C(CN1C)C21CC1. The van der Waals surface area contributed by atoms with E-state index in [0.717, 1.165) is 23.3 Å². The number of piperidine rings is 1. The van der Waals surface area contributed by atoms with E-state index in [1.165, 1.54) is 6.54 Å². The zero-order valence-corrected chi connectivity index (χ0v) is 6.80. The van der Waals surface area contributed by atoms with E-state index >= 15 is 0 Å². The van der Waals surface area contributed by atoms with Crippen molar-refractivity contribution in [3.8, 4) is 0 Å². The molecule has 3 fully saturated rings. The standard InChI is InChI=1S/C9H15N/c1-6-8-7(5-10(6)2)9(8)3-4-9/h6-8H,3-5H2,1-2H3/t6-,7?,8?/m1/s1. The molecule has 0 N–H and O–H groups in total. The average Bonchev–Trinajstić information content (AvgIpc) is 2.74. The summed E-state index contributed by atoms with van der Waals surface area (Å²) in [6.07, 6.45) is 3.11. The third-order valence-corrected chi connectivity index (χ3v) is 4.25. The molecule has 1 aliphatic heterocycles. The van der Waals surface area contributed by atoms with Gasteiger partial charge < -0.3 is 4.90 Å². The molecule has 1 nitrogen and oxygen atoms in total. The predicted molar refractivity (Wildman–Crippen MR) is 40.7 cm³/mol. The second-order valence-corrected chi connectivity index (χ2v) is 4.55. The minimum Gasteiger partial charge on any atom is -0.303 e. The Bertz CT molecular complexity index is 181. The van der Waals surface area contributed by atoms with Crippen LogP contribution in [0.1, 0.15) is 19.8 Å². The zero-order chi connectivity index (χ0) is 6.93.